The van der Waals surface area contributed by atoms with Gasteiger partial charge in [-0.1, -0.05) is 15.9 Å². The summed E-state index contributed by atoms with van der Waals surface area (Å²) in [6, 6.07) is 5.46. The highest BCUT2D eigenvalue weighted by Crippen LogP contribution is 2.27. The maximum absolute atomic E-state index is 11.6. The van der Waals surface area contributed by atoms with E-state index in [1.807, 2.05) is 17.0 Å². The predicted octanol–water partition coefficient (Wildman–Crippen LogP) is 1.89. The van der Waals surface area contributed by atoms with Crippen LogP contribution in [-0.4, -0.2) is 38.8 Å². The van der Waals surface area contributed by atoms with Gasteiger partial charge in [-0.25, -0.2) is 8.42 Å². The zero-order chi connectivity index (χ0) is 13.3. The Morgan fingerprint density at radius 2 is 1.89 bits per heavy atom. The molecule has 0 bridgehead atoms. The number of halogens is 1. The monoisotopic (exact) mass is 331 g/mol. The molecule has 18 heavy (non-hydrogen) atoms. The summed E-state index contributed by atoms with van der Waals surface area (Å²) >= 11 is 3.38. The number of nitrogens with zero attached hydrogens (tertiary/aromatic N) is 1. The van der Waals surface area contributed by atoms with Crippen LogP contribution < -0.4 is 4.90 Å². The third kappa shape index (κ3) is 2.92. The first kappa shape index (κ1) is 13.5. The van der Waals surface area contributed by atoms with Gasteiger partial charge in [-0.2, -0.15) is 0 Å². The molecule has 4 nitrogen and oxygen atoms in total. The second-order valence-electron chi connectivity index (χ2n) is 4.36. The molecule has 1 aliphatic rings. The van der Waals surface area contributed by atoms with Gasteiger partial charge in [0.15, 0.2) is 15.6 Å². The quantitative estimate of drug-likeness (QED) is 0.776. The van der Waals surface area contributed by atoms with Gasteiger partial charge < -0.3 is 4.90 Å². The molecule has 0 unspecified atom stereocenters. The lowest BCUT2D eigenvalue weighted by Crippen LogP contribution is -2.40. The number of sulfone groups is 1. The van der Waals surface area contributed by atoms with E-state index in [0.29, 0.717) is 18.7 Å². The van der Waals surface area contributed by atoms with E-state index in [0.717, 1.165) is 10.2 Å². The molecule has 1 aromatic rings. The van der Waals surface area contributed by atoms with Crippen molar-refractivity contribution in [2.45, 2.75) is 6.92 Å². The Balaban J connectivity index is 2.33. The van der Waals surface area contributed by atoms with E-state index in [1.54, 1.807) is 6.07 Å². The van der Waals surface area contributed by atoms with Gasteiger partial charge in [0.05, 0.1) is 11.5 Å². The maximum atomic E-state index is 11.6. The van der Waals surface area contributed by atoms with E-state index >= 15 is 0 Å². The van der Waals surface area contributed by atoms with Crippen molar-refractivity contribution >= 4 is 37.2 Å². The molecule has 1 saturated heterocycles. The summed E-state index contributed by atoms with van der Waals surface area (Å²) in [6.45, 7) is 2.41. The van der Waals surface area contributed by atoms with Crippen LogP contribution >= 0.6 is 15.9 Å². The summed E-state index contributed by atoms with van der Waals surface area (Å²) < 4.78 is 23.7. The van der Waals surface area contributed by atoms with Crippen molar-refractivity contribution in [1.82, 2.24) is 0 Å². The van der Waals surface area contributed by atoms with Crippen molar-refractivity contribution in [3.05, 3.63) is 28.2 Å². The number of benzene rings is 1. The molecule has 2 rings (SSSR count). The van der Waals surface area contributed by atoms with Crippen LogP contribution in [0.2, 0.25) is 0 Å². The van der Waals surface area contributed by atoms with Crippen LogP contribution in [0.3, 0.4) is 0 Å². The molecule has 6 heteroatoms. The molecule has 0 aromatic heterocycles. The van der Waals surface area contributed by atoms with Crippen LogP contribution in [0.4, 0.5) is 5.69 Å². The van der Waals surface area contributed by atoms with E-state index in [9.17, 15) is 13.2 Å². The van der Waals surface area contributed by atoms with Gasteiger partial charge in [0.2, 0.25) is 0 Å². The van der Waals surface area contributed by atoms with Gasteiger partial charge in [0, 0.05) is 28.8 Å². The Hall–Kier alpha value is -0.880. The number of rotatable bonds is 2. The summed E-state index contributed by atoms with van der Waals surface area (Å²) in [5, 5.41) is 0. The van der Waals surface area contributed by atoms with Crippen molar-refractivity contribution in [2.75, 3.05) is 29.5 Å². The zero-order valence-electron chi connectivity index (χ0n) is 10.0. The molecule has 0 saturated carbocycles. The van der Waals surface area contributed by atoms with E-state index < -0.39 is 9.84 Å². The second-order valence-corrected chi connectivity index (χ2v) is 7.58. The topological polar surface area (TPSA) is 54.5 Å². The number of hydrogen-bond acceptors (Lipinski definition) is 4. The molecular weight excluding hydrogens is 318 g/mol. The maximum Gasteiger partial charge on any atom is 0.161 e. The number of ketones is 1. The number of hydrogen-bond donors (Lipinski definition) is 0. The molecule has 0 atom stereocenters. The van der Waals surface area contributed by atoms with Crippen LogP contribution in [0, 0.1) is 0 Å². The molecule has 1 aromatic carbocycles. The first-order chi connectivity index (χ1) is 8.39. The Labute approximate surface area is 115 Å². The summed E-state index contributed by atoms with van der Waals surface area (Å²) in [6.07, 6.45) is 0. The van der Waals surface area contributed by atoms with Gasteiger partial charge in [0.1, 0.15) is 0 Å². The number of Topliss-reactive ketones (excluding diaryl/α,β-unsaturated/α-hetero) is 1. The fourth-order valence-electron chi connectivity index (χ4n) is 2.02. The Morgan fingerprint density at radius 3 is 2.44 bits per heavy atom. The minimum atomic E-state index is -2.91. The average molecular weight is 332 g/mol. The molecule has 0 radical (unpaired) electrons. The fraction of sp³-hybridized carbons (Fsp3) is 0.417. The molecule has 1 fully saturated rings. The van der Waals surface area contributed by atoms with Crippen molar-refractivity contribution in [2.24, 2.45) is 0 Å². The normalized spacial score (nSPS) is 18.7. The lowest BCUT2D eigenvalue weighted by Gasteiger charge is -2.30. The number of carbonyl (C=O) groups is 1. The SMILES string of the molecule is CC(=O)c1ccc(Br)cc1N1CCS(=O)(=O)CC1. The van der Waals surface area contributed by atoms with Crippen molar-refractivity contribution in [1.29, 1.82) is 0 Å². The standard InChI is InChI=1S/C12H14BrNO3S/c1-9(15)11-3-2-10(13)8-12(11)14-4-6-18(16,17)7-5-14/h2-3,8H,4-7H2,1H3. The smallest absolute Gasteiger partial charge is 0.161 e. The molecule has 1 heterocycles. The van der Waals surface area contributed by atoms with E-state index in [-0.39, 0.29) is 17.3 Å². The van der Waals surface area contributed by atoms with Crippen LogP contribution in [0.15, 0.2) is 22.7 Å². The summed E-state index contributed by atoms with van der Waals surface area (Å²) in [5.41, 5.74) is 1.45. The zero-order valence-corrected chi connectivity index (χ0v) is 12.4. The van der Waals surface area contributed by atoms with Gasteiger partial charge in [0.25, 0.3) is 0 Å². The second kappa shape index (κ2) is 5.01. The number of carbonyl (C=O) groups excluding carboxylic acids is 1. The Kier molecular flexibility index (Phi) is 3.77. The summed E-state index contributed by atoms with van der Waals surface area (Å²) in [4.78, 5) is 13.5. The van der Waals surface area contributed by atoms with Gasteiger partial charge in [-0.05, 0) is 25.1 Å². The fourth-order valence-corrected chi connectivity index (χ4v) is 3.57. The van der Waals surface area contributed by atoms with E-state index in [4.69, 9.17) is 0 Å². The third-order valence-corrected chi connectivity index (χ3v) is 5.13. The van der Waals surface area contributed by atoms with Crippen LogP contribution in [-0.2, 0) is 9.84 Å². The van der Waals surface area contributed by atoms with Crippen LogP contribution in [0.25, 0.3) is 0 Å². The van der Waals surface area contributed by atoms with Crippen LogP contribution in [0.1, 0.15) is 17.3 Å². The first-order valence-electron chi connectivity index (χ1n) is 5.65. The van der Waals surface area contributed by atoms with Gasteiger partial charge in [-0.3, -0.25) is 4.79 Å². The van der Waals surface area contributed by atoms with Gasteiger partial charge in [-0.15, -0.1) is 0 Å². The molecule has 0 N–H and O–H groups in total. The number of anilines is 1. The van der Waals surface area contributed by atoms with Crippen LogP contribution in [0.5, 0.6) is 0 Å². The molecule has 98 valence electrons. The highest BCUT2D eigenvalue weighted by Gasteiger charge is 2.24. The molecule has 0 aliphatic carbocycles. The minimum absolute atomic E-state index is 0.00840. The van der Waals surface area contributed by atoms with Crippen molar-refractivity contribution < 1.29 is 13.2 Å². The average Bonchev–Trinajstić information content (AvgIpc) is 2.28. The molecule has 1 aliphatic heterocycles. The first-order valence-corrected chi connectivity index (χ1v) is 8.26. The highest BCUT2D eigenvalue weighted by molar-refractivity contribution is 9.10. The largest absolute Gasteiger partial charge is 0.369 e. The molecular formula is C12H14BrNO3S. The molecule has 0 spiro atoms. The molecule has 0 amide bonds. The lowest BCUT2D eigenvalue weighted by atomic mass is 10.1. The van der Waals surface area contributed by atoms with E-state index in [2.05, 4.69) is 15.9 Å². The van der Waals surface area contributed by atoms with E-state index in [1.165, 1.54) is 6.92 Å². The third-order valence-electron chi connectivity index (χ3n) is 3.02. The highest BCUT2D eigenvalue weighted by atomic mass is 79.9. The van der Waals surface area contributed by atoms with Crippen molar-refractivity contribution in [3.8, 4) is 0 Å². The summed E-state index contributed by atoms with van der Waals surface area (Å²) in [5.74, 6) is 0.291. The Morgan fingerprint density at radius 1 is 1.28 bits per heavy atom. The van der Waals surface area contributed by atoms with Crippen molar-refractivity contribution in [3.63, 3.8) is 0 Å². The van der Waals surface area contributed by atoms with Gasteiger partial charge >= 0.3 is 0 Å². The minimum Gasteiger partial charge on any atom is -0.369 e. The summed E-state index contributed by atoms with van der Waals surface area (Å²) in [7, 11) is -2.91. The Bertz CT molecular complexity index is 569. The predicted molar refractivity (Wildman–Crippen MR) is 75.0 cm³/mol. The lowest BCUT2D eigenvalue weighted by molar-refractivity contribution is 0.101.